The lowest BCUT2D eigenvalue weighted by atomic mass is 9.74. The van der Waals surface area contributed by atoms with Gasteiger partial charge in [-0.15, -0.1) is 0 Å². The maximum Gasteiger partial charge on any atom is 0.263 e. The molecule has 1 amide bonds. The lowest BCUT2D eigenvalue weighted by Crippen LogP contribution is -2.41. The molecule has 3 heteroatoms. The highest BCUT2D eigenvalue weighted by Crippen LogP contribution is 2.52. The Kier molecular flexibility index (Phi) is 4.25. The zero-order valence-corrected chi connectivity index (χ0v) is 19.6. The number of carbonyl (C=O) groups excluding carboxylic acids is 1. The number of hydrogen-bond acceptors (Lipinski definition) is 2. The minimum Gasteiger partial charge on any atom is -0.353 e. The Bertz CT molecular complexity index is 856. The summed E-state index contributed by atoms with van der Waals surface area (Å²) in [5.74, 6) is 0.381. The molecule has 4 rings (SSSR count). The van der Waals surface area contributed by atoms with Crippen LogP contribution in [0.5, 0.6) is 0 Å². The van der Waals surface area contributed by atoms with E-state index in [4.69, 9.17) is 4.74 Å². The first-order chi connectivity index (χ1) is 13.1. The quantitative estimate of drug-likeness (QED) is 0.576. The van der Waals surface area contributed by atoms with Crippen LogP contribution in [0.2, 0.25) is 0 Å². The molecule has 0 N–H and O–H groups in total. The Balaban J connectivity index is 1.95. The molecular weight excluding hydrogens is 358 g/mol. The molecule has 0 unspecified atom stereocenters. The molecule has 2 bridgehead atoms. The van der Waals surface area contributed by atoms with Gasteiger partial charge >= 0.3 is 0 Å². The van der Waals surface area contributed by atoms with Crippen molar-refractivity contribution in [3.63, 3.8) is 0 Å². The smallest absolute Gasteiger partial charge is 0.263 e. The third kappa shape index (κ3) is 3.08. The van der Waals surface area contributed by atoms with Crippen molar-refractivity contribution in [2.24, 2.45) is 5.92 Å². The molecule has 158 valence electrons. The fourth-order valence-corrected chi connectivity index (χ4v) is 5.11. The predicted molar refractivity (Wildman–Crippen MR) is 120 cm³/mol. The molecule has 3 aliphatic heterocycles. The van der Waals surface area contributed by atoms with E-state index in [1.165, 1.54) is 16.7 Å². The van der Waals surface area contributed by atoms with Gasteiger partial charge < -0.3 is 9.64 Å². The van der Waals surface area contributed by atoms with Gasteiger partial charge in [0.25, 0.3) is 5.91 Å². The number of hydrogen-bond donors (Lipinski definition) is 0. The van der Waals surface area contributed by atoms with Gasteiger partial charge in [0, 0.05) is 12.5 Å². The van der Waals surface area contributed by atoms with Crippen LogP contribution >= 0.6 is 0 Å². The molecule has 0 aromatic heterocycles. The van der Waals surface area contributed by atoms with Gasteiger partial charge in [-0.05, 0) is 45.4 Å². The molecule has 1 aromatic rings. The van der Waals surface area contributed by atoms with E-state index in [1.54, 1.807) is 0 Å². The molecule has 0 saturated carbocycles. The fourth-order valence-electron chi connectivity index (χ4n) is 5.11. The van der Waals surface area contributed by atoms with Crippen molar-refractivity contribution in [1.82, 2.24) is 0 Å². The van der Waals surface area contributed by atoms with Gasteiger partial charge in [-0.2, -0.15) is 0 Å². The number of rotatable bonds is 1. The molecule has 29 heavy (non-hydrogen) atoms. The number of fused-ring (bicyclic) bond motifs is 1. The largest absolute Gasteiger partial charge is 0.353 e. The SMILES string of the molecule is CC(C)(C)c1cc(C(C)(C)C)c(N2C[C@H]3C[C@@H]4C=C[C@]3(O4)C2=O)c(C(C)(C)C)c1. The molecule has 3 heterocycles. The number of carbonyl (C=O) groups is 1. The second kappa shape index (κ2) is 5.97. The summed E-state index contributed by atoms with van der Waals surface area (Å²) in [5.41, 5.74) is 4.16. The third-order valence-corrected chi connectivity index (χ3v) is 6.87. The molecule has 2 saturated heterocycles. The summed E-state index contributed by atoms with van der Waals surface area (Å²) in [6, 6.07) is 4.69. The summed E-state index contributed by atoms with van der Waals surface area (Å²) < 4.78 is 6.17. The maximum absolute atomic E-state index is 13.8. The molecule has 2 fully saturated rings. The summed E-state index contributed by atoms with van der Waals surface area (Å²) in [5, 5.41) is 0. The number of amides is 1. The van der Waals surface area contributed by atoms with Crippen molar-refractivity contribution in [1.29, 1.82) is 0 Å². The van der Waals surface area contributed by atoms with Crippen molar-refractivity contribution in [2.45, 2.75) is 96.7 Å². The number of ether oxygens (including phenoxy) is 1. The van der Waals surface area contributed by atoms with Gasteiger partial charge in [0.2, 0.25) is 0 Å². The first kappa shape index (κ1) is 20.7. The van der Waals surface area contributed by atoms with Crippen LogP contribution in [0, 0.1) is 5.92 Å². The lowest BCUT2D eigenvalue weighted by Gasteiger charge is -2.37. The van der Waals surface area contributed by atoms with Crippen molar-refractivity contribution < 1.29 is 9.53 Å². The molecule has 3 atom stereocenters. The van der Waals surface area contributed by atoms with Crippen LogP contribution in [-0.4, -0.2) is 24.2 Å². The van der Waals surface area contributed by atoms with Crippen LogP contribution in [-0.2, 0) is 25.8 Å². The minimum absolute atomic E-state index is 0.0489. The zero-order valence-electron chi connectivity index (χ0n) is 19.6. The summed E-state index contributed by atoms with van der Waals surface area (Å²) in [6.07, 6.45) is 5.19. The molecular formula is C26H37NO2. The number of anilines is 1. The van der Waals surface area contributed by atoms with Crippen LogP contribution < -0.4 is 4.90 Å². The van der Waals surface area contributed by atoms with Crippen molar-refractivity contribution >= 4 is 11.6 Å². The first-order valence-corrected chi connectivity index (χ1v) is 11.0. The van der Waals surface area contributed by atoms with E-state index >= 15 is 0 Å². The Labute approximate surface area is 176 Å². The highest BCUT2D eigenvalue weighted by atomic mass is 16.5. The molecule has 3 nitrogen and oxygen atoms in total. The Morgan fingerprint density at radius 1 is 0.931 bits per heavy atom. The average molecular weight is 396 g/mol. The van der Waals surface area contributed by atoms with E-state index in [0.29, 0.717) is 0 Å². The summed E-state index contributed by atoms with van der Waals surface area (Å²) in [7, 11) is 0. The normalized spacial score (nSPS) is 29.1. The van der Waals surface area contributed by atoms with E-state index in [0.717, 1.165) is 18.7 Å². The van der Waals surface area contributed by atoms with E-state index in [2.05, 4.69) is 85.4 Å². The van der Waals surface area contributed by atoms with E-state index in [-0.39, 0.29) is 34.2 Å². The van der Waals surface area contributed by atoms with Gasteiger partial charge in [0.15, 0.2) is 5.60 Å². The van der Waals surface area contributed by atoms with Crippen molar-refractivity contribution in [3.8, 4) is 0 Å². The van der Waals surface area contributed by atoms with Gasteiger partial charge in [0.1, 0.15) is 0 Å². The van der Waals surface area contributed by atoms with Crippen LogP contribution in [0.4, 0.5) is 5.69 Å². The van der Waals surface area contributed by atoms with Gasteiger partial charge in [-0.25, -0.2) is 0 Å². The zero-order chi connectivity index (χ0) is 21.6. The Hall–Kier alpha value is -1.61. The summed E-state index contributed by atoms with van der Waals surface area (Å²) in [4.78, 5) is 15.8. The van der Waals surface area contributed by atoms with Crippen molar-refractivity contribution in [3.05, 3.63) is 41.0 Å². The topological polar surface area (TPSA) is 29.5 Å². The molecule has 1 aromatic carbocycles. The number of benzene rings is 1. The molecule has 0 radical (unpaired) electrons. The lowest BCUT2D eigenvalue weighted by molar-refractivity contribution is -0.132. The monoisotopic (exact) mass is 395 g/mol. The van der Waals surface area contributed by atoms with Crippen LogP contribution in [0.25, 0.3) is 0 Å². The fraction of sp³-hybridized carbons (Fsp3) is 0.654. The molecule has 3 aliphatic rings. The van der Waals surface area contributed by atoms with E-state index in [9.17, 15) is 4.79 Å². The molecule has 0 aliphatic carbocycles. The van der Waals surface area contributed by atoms with Gasteiger partial charge in [0.05, 0.1) is 11.8 Å². The Morgan fingerprint density at radius 2 is 1.48 bits per heavy atom. The summed E-state index contributed by atoms with van der Waals surface area (Å²) in [6.45, 7) is 21.1. The minimum atomic E-state index is -0.725. The van der Waals surface area contributed by atoms with Gasteiger partial charge in [-0.1, -0.05) is 80.5 Å². The second-order valence-corrected chi connectivity index (χ2v) is 12.3. The predicted octanol–water partition coefficient (Wildman–Crippen LogP) is 5.64. The maximum atomic E-state index is 13.8. The third-order valence-electron chi connectivity index (χ3n) is 6.87. The van der Waals surface area contributed by atoms with E-state index in [1.807, 2.05) is 6.08 Å². The van der Waals surface area contributed by atoms with Crippen LogP contribution in [0.3, 0.4) is 0 Å². The summed E-state index contributed by atoms with van der Waals surface area (Å²) >= 11 is 0. The van der Waals surface area contributed by atoms with Crippen molar-refractivity contribution in [2.75, 3.05) is 11.4 Å². The standard InChI is InChI=1S/C26H37NO2/c1-23(2,3)16-13-19(24(4,5)6)21(20(14-16)25(7,8)9)27-15-17-12-18-10-11-26(17,29-18)22(27)28/h10-11,13-14,17-18H,12,15H2,1-9H3/t17-,18+,26-/m1/s1. The first-order valence-electron chi connectivity index (χ1n) is 11.0. The highest BCUT2D eigenvalue weighted by molar-refractivity contribution is 6.06. The number of nitrogens with zero attached hydrogens (tertiary/aromatic N) is 1. The highest BCUT2D eigenvalue weighted by Gasteiger charge is 2.62. The second-order valence-electron chi connectivity index (χ2n) is 12.3. The van der Waals surface area contributed by atoms with Crippen LogP contribution in [0.1, 0.15) is 85.4 Å². The molecule has 1 spiro atoms. The van der Waals surface area contributed by atoms with Gasteiger partial charge in [-0.3, -0.25) is 4.79 Å². The van der Waals surface area contributed by atoms with Crippen LogP contribution in [0.15, 0.2) is 24.3 Å². The van der Waals surface area contributed by atoms with E-state index < -0.39 is 5.60 Å². The Morgan fingerprint density at radius 3 is 1.90 bits per heavy atom. The average Bonchev–Trinajstić information content (AvgIpc) is 3.21.